The molecule has 116 valence electrons. The maximum atomic E-state index is 13.0. The average Bonchev–Trinajstić information content (AvgIpc) is 3.05. The summed E-state index contributed by atoms with van der Waals surface area (Å²) >= 11 is 7.78. The summed E-state index contributed by atoms with van der Waals surface area (Å²) in [6.45, 7) is 0. The molecule has 0 spiro atoms. The number of thiazole rings is 1. The number of hydrogen-bond donors (Lipinski definition) is 0. The average molecular weight is 350 g/mol. The molecule has 0 saturated carbocycles. The molecule has 24 heavy (non-hydrogen) atoms. The molecule has 0 bridgehead atoms. The summed E-state index contributed by atoms with van der Waals surface area (Å²) in [7, 11) is 0. The van der Waals surface area contributed by atoms with Crippen LogP contribution in [0, 0.1) is 0 Å². The van der Waals surface area contributed by atoms with Gasteiger partial charge < -0.3 is 0 Å². The van der Waals surface area contributed by atoms with E-state index in [0.29, 0.717) is 16.1 Å². The molecule has 1 heterocycles. The highest BCUT2D eigenvalue weighted by molar-refractivity contribution is 7.21. The van der Waals surface area contributed by atoms with Crippen LogP contribution in [0.15, 0.2) is 72.8 Å². The summed E-state index contributed by atoms with van der Waals surface area (Å²) in [4.78, 5) is 17.6. The molecule has 0 radical (unpaired) electrons. The van der Waals surface area contributed by atoms with E-state index in [-0.39, 0.29) is 5.78 Å². The summed E-state index contributed by atoms with van der Waals surface area (Å²) in [6, 6.07) is 22.6. The summed E-state index contributed by atoms with van der Waals surface area (Å²) in [5.74, 6) is -0.0875. The molecule has 0 aliphatic heterocycles. The van der Waals surface area contributed by atoms with Crippen LogP contribution in [0.3, 0.4) is 0 Å². The fraction of sp³-hybridized carbons (Fsp3) is 0. The van der Waals surface area contributed by atoms with Crippen molar-refractivity contribution in [3.05, 3.63) is 88.9 Å². The number of hydrogen-bond acceptors (Lipinski definition) is 3. The Hall–Kier alpha value is -2.49. The van der Waals surface area contributed by atoms with Crippen LogP contribution in [-0.2, 0) is 0 Å². The second-order valence-electron chi connectivity index (χ2n) is 5.34. The van der Waals surface area contributed by atoms with E-state index in [1.165, 1.54) is 0 Å². The number of ketones is 1. The molecule has 2 nitrogen and oxygen atoms in total. The smallest absolute Gasteiger partial charge is 0.195 e. The van der Waals surface area contributed by atoms with Gasteiger partial charge in [0.05, 0.1) is 15.2 Å². The number of fused-ring (bicyclic) bond motifs is 1. The highest BCUT2D eigenvalue weighted by Gasteiger charge is 2.18. The summed E-state index contributed by atoms with van der Waals surface area (Å²) in [5, 5.41) is 1.30. The van der Waals surface area contributed by atoms with Gasteiger partial charge in [0.2, 0.25) is 0 Å². The normalized spacial score (nSPS) is 10.9. The number of nitrogens with zero attached hydrogens (tertiary/aromatic N) is 1. The molecule has 3 aromatic carbocycles. The lowest BCUT2D eigenvalue weighted by molar-refractivity contribution is 0.103. The van der Waals surface area contributed by atoms with Crippen molar-refractivity contribution in [1.29, 1.82) is 0 Å². The van der Waals surface area contributed by atoms with Crippen molar-refractivity contribution in [2.24, 2.45) is 0 Å². The van der Waals surface area contributed by atoms with Crippen LogP contribution in [0.4, 0.5) is 0 Å². The van der Waals surface area contributed by atoms with Gasteiger partial charge in [-0.25, -0.2) is 4.98 Å². The molecular formula is C20H12ClNOS. The molecule has 0 saturated heterocycles. The van der Waals surface area contributed by atoms with Crippen molar-refractivity contribution in [3.8, 4) is 10.6 Å². The zero-order valence-corrected chi connectivity index (χ0v) is 14.1. The third-order valence-electron chi connectivity index (χ3n) is 3.81. The standard InChI is InChI=1S/C20H12ClNOS/c21-16-10-4-3-9-15(16)19(23)13-7-1-2-8-14(13)20-22-17-11-5-6-12-18(17)24-20/h1-12H. The Morgan fingerprint density at radius 3 is 2.29 bits per heavy atom. The molecule has 0 fully saturated rings. The minimum Gasteiger partial charge on any atom is -0.289 e. The highest BCUT2D eigenvalue weighted by Crippen LogP contribution is 2.33. The van der Waals surface area contributed by atoms with E-state index < -0.39 is 0 Å². The fourth-order valence-electron chi connectivity index (χ4n) is 2.65. The quantitative estimate of drug-likeness (QED) is 0.434. The van der Waals surface area contributed by atoms with E-state index in [9.17, 15) is 4.79 Å². The molecule has 0 unspecified atom stereocenters. The first-order valence-electron chi connectivity index (χ1n) is 7.48. The predicted molar refractivity (Wildman–Crippen MR) is 99.9 cm³/mol. The van der Waals surface area contributed by atoms with E-state index in [2.05, 4.69) is 4.98 Å². The minimum absolute atomic E-state index is 0.0875. The fourth-order valence-corrected chi connectivity index (χ4v) is 3.87. The van der Waals surface area contributed by atoms with E-state index in [1.54, 1.807) is 23.5 Å². The first-order chi connectivity index (χ1) is 11.7. The lowest BCUT2D eigenvalue weighted by atomic mass is 9.98. The largest absolute Gasteiger partial charge is 0.289 e. The van der Waals surface area contributed by atoms with Crippen LogP contribution in [0.25, 0.3) is 20.8 Å². The molecule has 0 amide bonds. The van der Waals surface area contributed by atoms with E-state index in [1.807, 2.05) is 60.7 Å². The lowest BCUT2D eigenvalue weighted by Crippen LogP contribution is -2.04. The van der Waals surface area contributed by atoms with Crippen molar-refractivity contribution in [1.82, 2.24) is 4.98 Å². The van der Waals surface area contributed by atoms with Gasteiger partial charge in [-0.2, -0.15) is 0 Å². The number of para-hydroxylation sites is 1. The van der Waals surface area contributed by atoms with Crippen molar-refractivity contribution < 1.29 is 4.79 Å². The first kappa shape index (κ1) is 15.1. The third kappa shape index (κ3) is 2.62. The van der Waals surface area contributed by atoms with Gasteiger partial charge in [-0.05, 0) is 24.3 Å². The minimum atomic E-state index is -0.0875. The van der Waals surface area contributed by atoms with E-state index in [4.69, 9.17) is 11.6 Å². The zero-order valence-electron chi connectivity index (χ0n) is 12.6. The van der Waals surface area contributed by atoms with E-state index in [0.717, 1.165) is 20.8 Å². The van der Waals surface area contributed by atoms with Gasteiger partial charge in [0.15, 0.2) is 5.78 Å². The number of carbonyl (C=O) groups is 1. The summed E-state index contributed by atoms with van der Waals surface area (Å²) < 4.78 is 1.10. The Kier molecular flexibility index (Phi) is 3.89. The Balaban J connectivity index is 1.86. The first-order valence-corrected chi connectivity index (χ1v) is 8.68. The van der Waals surface area contributed by atoms with Crippen molar-refractivity contribution in [2.75, 3.05) is 0 Å². The van der Waals surface area contributed by atoms with Crippen molar-refractivity contribution >= 4 is 38.9 Å². The lowest BCUT2D eigenvalue weighted by Gasteiger charge is -2.07. The summed E-state index contributed by atoms with van der Waals surface area (Å²) in [5.41, 5.74) is 2.90. The van der Waals surface area contributed by atoms with Crippen LogP contribution in [0.1, 0.15) is 15.9 Å². The number of rotatable bonds is 3. The van der Waals surface area contributed by atoms with E-state index >= 15 is 0 Å². The van der Waals surface area contributed by atoms with Gasteiger partial charge in [-0.1, -0.05) is 60.1 Å². The van der Waals surface area contributed by atoms with Gasteiger partial charge in [0.25, 0.3) is 0 Å². The number of benzene rings is 3. The van der Waals surface area contributed by atoms with Crippen LogP contribution in [0.2, 0.25) is 5.02 Å². The van der Waals surface area contributed by atoms with Gasteiger partial charge in [0.1, 0.15) is 5.01 Å². The Morgan fingerprint density at radius 1 is 0.833 bits per heavy atom. The van der Waals surface area contributed by atoms with Crippen molar-refractivity contribution in [3.63, 3.8) is 0 Å². The molecule has 4 rings (SSSR count). The Labute approximate surface area is 148 Å². The monoisotopic (exact) mass is 349 g/mol. The molecule has 4 heteroatoms. The molecule has 1 aromatic heterocycles. The molecule has 0 aliphatic carbocycles. The molecule has 0 N–H and O–H groups in total. The zero-order chi connectivity index (χ0) is 16.5. The van der Waals surface area contributed by atoms with Crippen LogP contribution >= 0.6 is 22.9 Å². The van der Waals surface area contributed by atoms with Gasteiger partial charge in [-0.3, -0.25) is 4.79 Å². The Bertz CT molecular complexity index is 1020. The van der Waals surface area contributed by atoms with Crippen LogP contribution in [0.5, 0.6) is 0 Å². The maximum absolute atomic E-state index is 13.0. The van der Waals surface area contributed by atoms with Gasteiger partial charge in [0, 0.05) is 16.7 Å². The second-order valence-corrected chi connectivity index (χ2v) is 6.78. The number of carbonyl (C=O) groups excluding carboxylic acids is 1. The number of halogens is 1. The number of aromatic nitrogens is 1. The van der Waals surface area contributed by atoms with Gasteiger partial charge >= 0.3 is 0 Å². The third-order valence-corrected chi connectivity index (χ3v) is 5.21. The molecule has 4 aromatic rings. The van der Waals surface area contributed by atoms with Crippen molar-refractivity contribution in [2.45, 2.75) is 0 Å². The maximum Gasteiger partial charge on any atom is 0.195 e. The molecule has 0 aliphatic rings. The molecule has 0 atom stereocenters. The Morgan fingerprint density at radius 2 is 1.50 bits per heavy atom. The topological polar surface area (TPSA) is 30.0 Å². The second kappa shape index (κ2) is 6.19. The van der Waals surface area contributed by atoms with Gasteiger partial charge in [-0.15, -0.1) is 11.3 Å². The van der Waals surface area contributed by atoms with Crippen LogP contribution in [-0.4, -0.2) is 10.8 Å². The molecular weight excluding hydrogens is 338 g/mol. The predicted octanol–water partition coefficient (Wildman–Crippen LogP) is 5.85. The summed E-state index contributed by atoms with van der Waals surface area (Å²) in [6.07, 6.45) is 0. The highest BCUT2D eigenvalue weighted by atomic mass is 35.5. The SMILES string of the molecule is O=C(c1ccccc1Cl)c1ccccc1-c1nc2ccccc2s1. The van der Waals surface area contributed by atoms with Crippen LogP contribution < -0.4 is 0 Å².